The van der Waals surface area contributed by atoms with Gasteiger partial charge in [0, 0.05) is 0 Å². The molecular formula is C10H15NO4. The molecule has 1 rings (SSSR count). The summed E-state index contributed by atoms with van der Waals surface area (Å²) in [6.07, 6.45) is -0.551. The molecule has 1 aromatic rings. The van der Waals surface area contributed by atoms with E-state index in [0.717, 1.165) is 5.56 Å². The maximum absolute atomic E-state index is 8.99. The average Bonchev–Trinajstić information content (AvgIpc) is 2.30. The molecule has 0 amide bonds. The number of hydrogen-bond donors (Lipinski definition) is 2. The lowest BCUT2D eigenvalue weighted by Gasteiger charge is -2.14. The zero-order chi connectivity index (χ0) is 11.3. The van der Waals surface area contributed by atoms with Crippen LogP contribution in [-0.2, 0) is 4.84 Å². The molecular weight excluding hydrogens is 198 g/mol. The highest BCUT2D eigenvalue weighted by Gasteiger charge is 2.13. The standard InChI is InChI=1S/C10H15NO4/c1-13-8-4-3-7(5-9(8)14-2)10(6-12)15-11/h3-5,10,12H,6,11H2,1-2H3. The van der Waals surface area contributed by atoms with Gasteiger partial charge in [0.2, 0.25) is 0 Å². The quantitative estimate of drug-likeness (QED) is 0.702. The lowest BCUT2D eigenvalue weighted by atomic mass is 10.1. The van der Waals surface area contributed by atoms with Crippen molar-refractivity contribution in [2.75, 3.05) is 20.8 Å². The van der Waals surface area contributed by atoms with E-state index in [-0.39, 0.29) is 6.61 Å². The summed E-state index contributed by atoms with van der Waals surface area (Å²) in [6.45, 7) is -0.189. The Hall–Kier alpha value is -1.30. The first-order chi connectivity index (χ1) is 7.26. The highest BCUT2D eigenvalue weighted by molar-refractivity contribution is 5.43. The van der Waals surface area contributed by atoms with Crippen LogP contribution in [0.3, 0.4) is 0 Å². The molecule has 5 heteroatoms. The third kappa shape index (κ3) is 2.59. The molecule has 0 aliphatic carbocycles. The fourth-order valence-electron chi connectivity index (χ4n) is 1.28. The highest BCUT2D eigenvalue weighted by atomic mass is 16.6. The number of methoxy groups -OCH3 is 2. The number of benzene rings is 1. The highest BCUT2D eigenvalue weighted by Crippen LogP contribution is 2.30. The van der Waals surface area contributed by atoms with Crippen molar-refractivity contribution >= 4 is 0 Å². The smallest absolute Gasteiger partial charge is 0.161 e. The van der Waals surface area contributed by atoms with E-state index in [1.165, 1.54) is 0 Å². The van der Waals surface area contributed by atoms with Gasteiger partial charge in [-0.05, 0) is 17.7 Å². The molecule has 0 aromatic heterocycles. The van der Waals surface area contributed by atoms with Gasteiger partial charge in [-0.1, -0.05) is 6.07 Å². The molecule has 0 aliphatic heterocycles. The van der Waals surface area contributed by atoms with Gasteiger partial charge in [0.25, 0.3) is 0 Å². The topological polar surface area (TPSA) is 73.9 Å². The van der Waals surface area contributed by atoms with Gasteiger partial charge in [-0.3, -0.25) is 4.84 Å². The van der Waals surface area contributed by atoms with E-state index in [9.17, 15) is 0 Å². The number of hydrogen-bond acceptors (Lipinski definition) is 5. The fraction of sp³-hybridized carbons (Fsp3) is 0.400. The van der Waals surface area contributed by atoms with Crippen molar-refractivity contribution in [3.05, 3.63) is 23.8 Å². The predicted octanol–water partition coefficient (Wildman–Crippen LogP) is 0.628. The van der Waals surface area contributed by atoms with Crippen LogP contribution in [-0.4, -0.2) is 25.9 Å². The van der Waals surface area contributed by atoms with Crippen LogP contribution in [0.15, 0.2) is 18.2 Å². The summed E-state index contributed by atoms with van der Waals surface area (Å²) >= 11 is 0. The van der Waals surface area contributed by atoms with Crippen molar-refractivity contribution in [1.29, 1.82) is 0 Å². The Balaban J connectivity index is 3.01. The van der Waals surface area contributed by atoms with Crippen LogP contribution in [0, 0.1) is 0 Å². The maximum Gasteiger partial charge on any atom is 0.161 e. The van der Waals surface area contributed by atoms with Crippen molar-refractivity contribution in [3.63, 3.8) is 0 Å². The molecule has 15 heavy (non-hydrogen) atoms. The molecule has 0 aliphatic rings. The number of aliphatic hydroxyl groups excluding tert-OH is 1. The molecule has 0 saturated heterocycles. The van der Waals surface area contributed by atoms with E-state index in [2.05, 4.69) is 4.84 Å². The molecule has 1 atom stereocenters. The van der Waals surface area contributed by atoms with Crippen molar-refractivity contribution in [2.45, 2.75) is 6.10 Å². The van der Waals surface area contributed by atoms with E-state index < -0.39 is 6.10 Å². The zero-order valence-electron chi connectivity index (χ0n) is 8.77. The lowest BCUT2D eigenvalue weighted by molar-refractivity contribution is 0.0107. The molecule has 0 saturated carbocycles. The number of nitrogens with two attached hydrogens (primary N) is 1. The predicted molar refractivity (Wildman–Crippen MR) is 54.6 cm³/mol. The van der Waals surface area contributed by atoms with Gasteiger partial charge in [0.1, 0.15) is 6.10 Å². The van der Waals surface area contributed by atoms with Gasteiger partial charge in [-0.25, -0.2) is 5.90 Å². The zero-order valence-corrected chi connectivity index (χ0v) is 8.77. The van der Waals surface area contributed by atoms with Crippen LogP contribution >= 0.6 is 0 Å². The van der Waals surface area contributed by atoms with Gasteiger partial charge in [0.05, 0.1) is 20.8 Å². The first kappa shape index (κ1) is 11.8. The first-order valence-corrected chi connectivity index (χ1v) is 4.45. The van der Waals surface area contributed by atoms with Gasteiger partial charge in [0.15, 0.2) is 11.5 Å². The van der Waals surface area contributed by atoms with Crippen LogP contribution < -0.4 is 15.4 Å². The van der Waals surface area contributed by atoms with Crippen molar-refractivity contribution in [3.8, 4) is 11.5 Å². The number of ether oxygens (including phenoxy) is 2. The monoisotopic (exact) mass is 213 g/mol. The van der Waals surface area contributed by atoms with E-state index in [0.29, 0.717) is 11.5 Å². The SMILES string of the molecule is COc1ccc(C(CO)ON)cc1OC. The minimum Gasteiger partial charge on any atom is -0.493 e. The summed E-state index contributed by atoms with van der Waals surface area (Å²) in [7, 11) is 3.10. The molecule has 1 aromatic carbocycles. The average molecular weight is 213 g/mol. The summed E-state index contributed by atoms with van der Waals surface area (Å²) in [5.41, 5.74) is 0.734. The van der Waals surface area contributed by atoms with Crippen molar-refractivity contribution in [1.82, 2.24) is 0 Å². The van der Waals surface area contributed by atoms with E-state index in [4.69, 9.17) is 20.5 Å². The van der Waals surface area contributed by atoms with Gasteiger partial charge in [-0.15, -0.1) is 0 Å². The summed E-state index contributed by atoms with van der Waals surface area (Å²) in [4.78, 5) is 4.61. The van der Waals surface area contributed by atoms with E-state index in [1.807, 2.05) is 0 Å². The Labute approximate surface area is 88.3 Å². The van der Waals surface area contributed by atoms with Crippen LogP contribution in [0.2, 0.25) is 0 Å². The first-order valence-electron chi connectivity index (χ1n) is 4.45. The Morgan fingerprint density at radius 2 is 1.93 bits per heavy atom. The Morgan fingerprint density at radius 1 is 1.27 bits per heavy atom. The molecule has 5 nitrogen and oxygen atoms in total. The molecule has 0 radical (unpaired) electrons. The minimum atomic E-state index is -0.551. The molecule has 0 fully saturated rings. The second-order valence-corrected chi connectivity index (χ2v) is 2.92. The van der Waals surface area contributed by atoms with Crippen LogP contribution in [0.4, 0.5) is 0 Å². The minimum absolute atomic E-state index is 0.189. The maximum atomic E-state index is 8.99. The Bertz CT molecular complexity index is 312. The van der Waals surface area contributed by atoms with E-state index >= 15 is 0 Å². The molecule has 0 heterocycles. The molecule has 0 spiro atoms. The summed E-state index contributed by atoms with van der Waals surface area (Å²) in [5, 5.41) is 8.99. The van der Waals surface area contributed by atoms with Crippen molar-refractivity contribution in [2.24, 2.45) is 5.90 Å². The largest absolute Gasteiger partial charge is 0.493 e. The number of aliphatic hydroxyl groups is 1. The summed E-state index contributed by atoms with van der Waals surface area (Å²) in [6, 6.07) is 5.21. The Kier molecular flexibility index (Phi) is 4.36. The fourth-order valence-corrected chi connectivity index (χ4v) is 1.28. The summed E-state index contributed by atoms with van der Waals surface area (Å²) < 4.78 is 10.2. The summed E-state index contributed by atoms with van der Waals surface area (Å²) in [5.74, 6) is 6.24. The molecule has 0 bridgehead atoms. The van der Waals surface area contributed by atoms with Gasteiger partial charge < -0.3 is 14.6 Å². The second-order valence-electron chi connectivity index (χ2n) is 2.92. The Morgan fingerprint density at radius 3 is 2.40 bits per heavy atom. The second kappa shape index (κ2) is 5.55. The van der Waals surface area contributed by atoms with Crippen molar-refractivity contribution < 1.29 is 19.4 Å². The normalized spacial score (nSPS) is 12.3. The third-order valence-corrected chi connectivity index (χ3v) is 2.11. The van der Waals surface area contributed by atoms with Crippen LogP contribution in [0.25, 0.3) is 0 Å². The lowest BCUT2D eigenvalue weighted by Crippen LogP contribution is -2.13. The molecule has 3 N–H and O–H groups in total. The molecule has 84 valence electrons. The van der Waals surface area contributed by atoms with Crippen LogP contribution in [0.5, 0.6) is 11.5 Å². The third-order valence-electron chi connectivity index (χ3n) is 2.11. The van der Waals surface area contributed by atoms with Gasteiger partial charge in [-0.2, -0.15) is 0 Å². The van der Waals surface area contributed by atoms with E-state index in [1.54, 1.807) is 32.4 Å². The van der Waals surface area contributed by atoms with Crippen LogP contribution in [0.1, 0.15) is 11.7 Å². The van der Waals surface area contributed by atoms with Gasteiger partial charge >= 0.3 is 0 Å². The molecule has 1 unspecified atom stereocenters. The number of rotatable bonds is 5.